The van der Waals surface area contributed by atoms with Gasteiger partial charge in [-0.25, -0.2) is 8.78 Å². The molecular formula is C23H22F2N4O2. The van der Waals surface area contributed by atoms with Crippen molar-refractivity contribution in [1.29, 1.82) is 0 Å². The van der Waals surface area contributed by atoms with Crippen LogP contribution >= 0.6 is 0 Å². The number of anilines is 1. The fourth-order valence-electron chi connectivity index (χ4n) is 4.28. The lowest BCUT2D eigenvalue weighted by Crippen LogP contribution is -2.44. The average Bonchev–Trinajstić information content (AvgIpc) is 3.17. The number of hydrogen-bond acceptors (Lipinski definition) is 5. The summed E-state index contributed by atoms with van der Waals surface area (Å²) in [5, 5.41) is 7.49. The number of ether oxygens (including phenoxy) is 1. The zero-order valence-corrected chi connectivity index (χ0v) is 16.9. The van der Waals surface area contributed by atoms with E-state index in [1.54, 1.807) is 6.20 Å². The topological polar surface area (TPSA) is 59.4 Å². The molecule has 0 atom stereocenters. The minimum Gasteiger partial charge on any atom is -0.482 e. The van der Waals surface area contributed by atoms with E-state index in [2.05, 4.69) is 27.4 Å². The maximum absolute atomic E-state index is 13.8. The molecule has 2 aromatic carbocycles. The quantitative estimate of drug-likeness (QED) is 0.697. The molecule has 1 aromatic heterocycles. The van der Waals surface area contributed by atoms with Gasteiger partial charge in [0.2, 0.25) is 5.75 Å². The molecule has 160 valence electrons. The van der Waals surface area contributed by atoms with Crippen molar-refractivity contribution >= 4 is 5.69 Å². The van der Waals surface area contributed by atoms with Gasteiger partial charge in [0.15, 0.2) is 0 Å². The van der Waals surface area contributed by atoms with Crippen molar-refractivity contribution in [2.75, 3.05) is 31.1 Å². The first kappa shape index (κ1) is 19.7. The van der Waals surface area contributed by atoms with Gasteiger partial charge in [-0.1, -0.05) is 24.3 Å². The van der Waals surface area contributed by atoms with Gasteiger partial charge in [0.1, 0.15) is 23.4 Å². The van der Waals surface area contributed by atoms with Gasteiger partial charge >= 0.3 is 5.56 Å². The highest BCUT2D eigenvalue weighted by Gasteiger charge is 2.27. The zero-order chi connectivity index (χ0) is 21.4. The molecule has 2 aliphatic rings. The molecule has 0 unspecified atom stereocenters. The molecule has 1 N–H and O–H groups in total. The van der Waals surface area contributed by atoms with Crippen LogP contribution in [0.2, 0.25) is 0 Å². The van der Waals surface area contributed by atoms with Crippen LogP contribution in [-0.2, 0) is 12.8 Å². The van der Waals surface area contributed by atoms with Gasteiger partial charge in [-0.15, -0.1) is 0 Å². The standard InChI is InChI=1S/C23H22F2N4O2/c24-17-11-18(25)13-19(12-17)29-23(30)22(21(14-27-29)28-7-5-26-6-8-28)31-20-9-15-3-1-2-4-16(15)10-20/h1-4,11-14,20,26H,5-10H2. The Balaban J connectivity index is 1.55. The molecule has 1 aliphatic heterocycles. The van der Waals surface area contributed by atoms with Crippen LogP contribution < -0.4 is 20.5 Å². The summed E-state index contributed by atoms with van der Waals surface area (Å²) in [6, 6.07) is 11.0. The number of hydrogen-bond donors (Lipinski definition) is 1. The van der Waals surface area contributed by atoms with Gasteiger partial charge in [0.25, 0.3) is 0 Å². The molecule has 31 heavy (non-hydrogen) atoms. The Morgan fingerprint density at radius 2 is 1.65 bits per heavy atom. The maximum Gasteiger partial charge on any atom is 0.316 e. The summed E-state index contributed by atoms with van der Waals surface area (Å²) in [6.07, 6.45) is 2.76. The van der Waals surface area contributed by atoms with Crippen molar-refractivity contribution in [3.63, 3.8) is 0 Å². The molecule has 2 heterocycles. The Hall–Kier alpha value is -3.26. The predicted octanol–water partition coefficient (Wildman–Crippen LogP) is 2.47. The van der Waals surface area contributed by atoms with Crippen LogP contribution in [0.25, 0.3) is 5.69 Å². The molecule has 3 aromatic rings. The molecule has 0 bridgehead atoms. The summed E-state index contributed by atoms with van der Waals surface area (Å²) >= 11 is 0. The minimum absolute atomic E-state index is 0.0221. The highest BCUT2D eigenvalue weighted by atomic mass is 19.1. The zero-order valence-electron chi connectivity index (χ0n) is 16.9. The van der Waals surface area contributed by atoms with Gasteiger partial charge in [-0.2, -0.15) is 9.78 Å². The lowest BCUT2D eigenvalue weighted by molar-refractivity contribution is 0.209. The van der Waals surface area contributed by atoms with Crippen LogP contribution in [0.3, 0.4) is 0 Å². The number of piperazine rings is 1. The van der Waals surface area contributed by atoms with Gasteiger partial charge in [-0.3, -0.25) is 4.79 Å². The lowest BCUT2D eigenvalue weighted by atomic mass is 10.1. The normalized spacial score (nSPS) is 16.4. The Morgan fingerprint density at radius 1 is 1.00 bits per heavy atom. The first-order valence-corrected chi connectivity index (χ1v) is 10.4. The van der Waals surface area contributed by atoms with Crippen molar-refractivity contribution in [3.8, 4) is 11.4 Å². The van der Waals surface area contributed by atoms with Crippen LogP contribution in [0.15, 0.2) is 53.5 Å². The molecule has 1 saturated heterocycles. The molecule has 0 saturated carbocycles. The van der Waals surface area contributed by atoms with E-state index in [1.807, 2.05) is 12.1 Å². The highest BCUT2D eigenvalue weighted by Crippen LogP contribution is 2.30. The minimum atomic E-state index is -0.774. The third kappa shape index (κ3) is 3.90. The maximum atomic E-state index is 13.8. The molecule has 0 amide bonds. The van der Waals surface area contributed by atoms with Gasteiger partial charge in [-0.05, 0) is 23.3 Å². The number of halogens is 2. The van der Waals surface area contributed by atoms with E-state index in [9.17, 15) is 13.6 Å². The Labute approximate surface area is 178 Å². The summed E-state index contributed by atoms with van der Waals surface area (Å²) in [5.41, 5.74) is 2.51. The summed E-state index contributed by atoms with van der Waals surface area (Å²) in [6.45, 7) is 2.99. The summed E-state index contributed by atoms with van der Waals surface area (Å²) < 4.78 is 34.8. The second-order valence-corrected chi connectivity index (χ2v) is 7.86. The number of nitrogens with one attached hydrogen (secondary N) is 1. The second kappa shape index (κ2) is 8.11. The van der Waals surface area contributed by atoms with Gasteiger partial charge in [0.05, 0.1) is 11.9 Å². The highest BCUT2D eigenvalue weighted by molar-refractivity contribution is 5.57. The summed E-state index contributed by atoms with van der Waals surface area (Å²) in [7, 11) is 0. The molecule has 5 rings (SSSR count). The summed E-state index contributed by atoms with van der Waals surface area (Å²) in [4.78, 5) is 15.5. The largest absolute Gasteiger partial charge is 0.482 e. The van der Waals surface area contributed by atoms with Crippen molar-refractivity contribution in [2.45, 2.75) is 18.9 Å². The van der Waals surface area contributed by atoms with Crippen LogP contribution in [0.5, 0.6) is 5.75 Å². The fourth-order valence-corrected chi connectivity index (χ4v) is 4.28. The molecular weight excluding hydrogens is 402 g/mol. The van der Waals surface area contributed by atoms with E-state index in [4.69, 9.17) is 4.74 Å². The third-order valence-corrected chi connectivity index (χ3v) is 5.76. The summed E-state index contributed by atoms with van der Waals surface area (Å²) in [5.74, 6) is -1.38. The predicted molar refractivity (Wildman–Crippen MR) is 113 cm³/mol. The number of nitrogens with zero attached hydrogens (tertiary/aromatic N) is 3. The molecule has 8 heteroatoms. The number of rotatable bonds is 4. The Kier molecular flexibility index (Phi) is 5.15. The number of aromatic nitrogens is 2. The van der Waals surface area contributed by atoms with Crippen LogP contribution in [0.1, 0.15) is 11.1 Å². The Bertz CT molecular complexity index is 1130. The fraction of sp³-hybridized carbons (Fsp3) is 0.304. The van der Waals surface area contributed by atoms with Crippen LogP contribution in [0, 0.1) is 11.6 Å². The monoisotopic (exact) mass is 424 g/mol. The van der Waals surface area contributed by atoms with E-state index < -0.39 is 17.2 Å². The SMILES string of the molecule is O=c1c(OC2Cc3ccccc3C2)c(N2CCNCC2)cnn1-c1cc(F)cc(F)c1. The first-order chi connectivity index (χ1) is 15.1. The Morgan fingerprint density at radius 3 is 2.29 bits per heavy atom. The molecule has 0 radical (unpaired) electrons. The molecule has 0 spiro atoms. The van der Waals surface area contributed by atoms with E-state index in [-0.39, 0.29) is 17.5 Å². The van der Waals surface area contributed by atoms with E-state index in [0.29, 0.717) is 31.6 Å². The van der Waals surface area contributed by atoms with Crippen molar-refractivity contribution in [1.82, 2.24) is 15.1 Å². The van der Waals surface area contributed by atoms with Gasteiger partial charge < -0.3 is 15.0 Å². The molecule has 6 nitrogen and oxygen atoms in total. The van der Waals surface area contributed by atoms with E-state index in [0.717, 1.165) is 36.0 Å². The van der Waals surface area contributed by atoms with Crippen molar-refractivity contribution in [2.24, 2.45) is 0 Å². The number of benzene rings is 2. The van der Waals surface area contributed by atoms with Gasteiger partial charge in [0, 0.05) is 45.1 Å². The average molecular weight is 424 g/mol. The molecule has 1 fully saturated rings. The first-order valence-electron chi connectivity index (χ1n) is 10.4. The second-order valence-electron chi connectivity index (χ2n) is 7.86. The van der Waals surface area contributed by atoms with Crippen LogP contribution in [0.4, 0.5) is 14.5 Å². The van der Waals surface area contributed by atoms with Crippen LogP contribution in [-0.4, -0.2) is 42.1 Å². The van der Waals surface area contributed by atoms with Crippen molar-refractivity contribution in [3.05, 3.63) is 81.8 Å². The van der Waals surface area contributed by atoms with Crippen molar-refractivity contribution < 1.29 is 13.5 Å². The van der Waals surface area contributed by atoms with E-state index in [1.165, 1.54) is 11.1 Å². The lowest BCUT2D eigenvalue weighted by Gasteiger charge is -2.31. The molecule has 1 aliphatic carbocycles. The number of fused-ring (bicyclic) bond motifs is 1. The third-order valence-electron chi connectivity index (χ3n) is 5.76. The smallest absolute Gasteiger partial charge is 0.316 e. The van der Waals surface area contributed by atoms with E-state index >= 15 is 0 Å².